The first-order chi connectivity index (χ1) is 8.61. The highest BCUT2D eigenvalue weighted by Crippen LogP contribution is 2.27. The molecule has 2 N–H and O–H groups in total. The van der Waals surface area contributed by atoms with Crippen LogP contribution in [0, 0.1) is 12.8 Å². The van der Waals surface area contributed by atoms with Crippen molar-refractivity contribution in [1.82, 2.24) is 5.32 Å². The number of carbonyl (C=O) groups is 1. The molecule has 98 valence electrons. The average molecular weight is 312 g/mol. The van der Waals surface area contributed by atoms with Gasteiger partial charge in [0.1, 0.15) is 5.75 Å². The lowest BCUT2D eigenvalue weighted by Crippen LogP contribution is -2.37. The smallest absolute Gasteiger partial charge is 0.251 e. The maximum Gasteiger partial charge on any atom is 0.251 e. The monoisotopic (exact) mass is 311 g/mol. The molecule has 0 spiro atoms. The van der Waals surface area contributed by atoms with Gasteiger partial charge in [0.25, 0.3) is 5.91 Å². The van der Waals surface area contributed by atoms with Crippen LogP contribution in [0.15, 0.2) is 18.2 Å². The van der Waals surface area contributed by atoms with Crippen molar-refractivity contribution >= 4 is 21.8 Å². The molecule has 2 rings (SSSR count). The van der Waals surface area contributed by atoms with E-state index < -0.39 is 0 Å². The van der Waals surface area contributed by atoms with E-state index in [0.717, 1.165) is 17.3 Å². The van der Waals surface area contributed by atoms with Gasteiger partial charge in [-0.2, -0.15) is 0 Å². The predicted molar refractivity (Wildman–Crippen MR) is 75.2 cm³/mol. The molecule has 1 saturated carbocycles. The molecule has 0 aliphatic heterocycles. The van der Waals surface area contributed by atoms with E-state index in [1.807, 2.05) is 0 Å². The van der Waals surface area contributed by atoms with Gasteiger partial charge in [0.15, 0.2) is 0 Å². The molecule has 2 unspecified atom stereocenters. The number of halogens is 1. The lowest BCUT2D eigenvalue weighted by Gasteiger charge is -2.19. The van der Waals surface area contributed by atoms with Crippen molar-refractivity contribution in [2.45, 2.75) is 32.2 Å². The number of rotatable bonds is 3. The third kappa shape index (κ3) is 2.86. The molecular weight excluding hydrogens is 294 g/mol. The fraction of sp³-hybridized carbons (Fsp3) is 0.500. The number of hydrogen-bond acceptors (Lipinski definition) is 2. The summed E-state index contributed by atoms with van der Waals surface area (Å²) in [5.41, 5.74) is 1.34. The van der Waals surface area contributed by atoms with E-state index in [-0.39, 0.29) is 17.7 Å². The van der Waals surface area contributed by atoms with E-state index >= 15 is 0 Å². The van der Waals surface area contributed by atoms with Crippen LogP contribution in [0.1, 0.15) is 35.2 Å². The number of aromatic hydroxyl groups is 1. The van der Waals surface area contributed by atoms with Crippen LogP contribution in [0.4, 0.5) is 0 Å². The van der Waals surface area contributed by atoms with Crippen LogP contribution in [0.2, 0.25) is 0 Å². The van der Waals surface area contributed by atoms with Crippen molar-refractivity contribution in [3.63, 3.8) is 0 Å². The summed E-state index contributed by atoms with van der Waals surface area (Å²) in [6.07, 6.45) is 3.40. The summed E-state index contributed by atoms with van der Waals surface area (Å²) in [5, 5.41) is 13.5. The molecule has 18 heavy (non-hydrogen) atoms. The second-order valence-electron chi connectivity index (χ2n) is 4.93. The molecule has 1 aromatic rings. The lowest BCUT2D eigenvalue weighted by atomic mass is 10.1. The molecule has 1 amide bonds. The van der Waals surface area contributed by atoms with Gasteiger partial charge in [0, 0.05) is 16.9 Å². The Kier molecular flexibility index (Phi) is 4.27. The zero-order valence-electron chi connectivity index (χ0n) is 10.4. The topological polar surface area (TPSA) is 49.3 Å². The summed E-state index contributed by atoms with van der Waals surface area (Å²) < 4.78 is 0. The Labute approximate surface area is 116 Å². The second-order valence-corrected chi connectivity index (χ2v) is 5.57. The minimum atomic E-state index is -0.0454. The van der Waals surface area contributed by atoms with Gasteiger partial charge in [0.05, 0.1) is 0 Å². The third-order valence-corrected chi connectivity index (χ3v) is 4.46. The number of benzene rings is 1. The van der Waals surface area contributed by atoms with Crippen molar-refractivity contribution in [3.05, 3.63) is 29.3 Å². The molecule has 2 atom stereocenters. The summed E-state index contributed by atoms with van der Waals surface area (Å²) in [4.78, 5) is 12.1. The number of phenols is 1. The Morgan fingerprint density at radius 2 is 2.28 bits per heavy atom. The van der Waals surface area contributed by atoms with Crippen molar-refractivity contribution in [1.29, 1.82) is 0 Å². The molecule has 4 heteroatoms. The Morgan fingerprint density at radius 3 is 2.94 bits per heavy atom. The average Bonchev–Trinajstić information content (AvgIpc) is 2.79. The third-order valence-electron chi connectivity index (χ3n) is 3.63. The predicted octanol–water partition coefficient (Wildman–Crippen LogP) is 2.99. The second kappa shape index (κ2) is 5.74. The first-order valence-corrected chi connectivity index (χ1v) is 7.40. The van der Waals surface area contributed by atoms with Crippen LogP contribution in [-0.4, -0.2) is 22.4 Å². The van der Waals surface area contributed by atoms with Crippen molar-refractivity contribution in [3.8, 4) is 5.75 Å². The normalized spacial score (nSPS) is 23.0. The zero-order chi connectivity index (χ0) is 13.1. The van der Waals surface area contributed by atoms with Crippen molar-refractivity contribution in [2.75, 3.05) is 5.33 Å². The minimum Gasteiger partial charge on any atom is -0.508 e. The quantitative estimate of drug-likeness (QED) is 0.843. The number of nitrogens with one attached hydrogen (secondary N) is 1. The number of aryl methyl sites for hydroxylation is 1. The fourth-order valence-corrected chi connectivity index (χ4v) is 3.23. The van der Waals surface area contributed by atoms with Crippen LogP contribution in [0.25, 0.3) is 0 Å². The molecule has 0 aromatic heterocycles. The molecule has 0 saturated heterocycles. The summed E-state index contributed by atoms with van der Waals surface area (Å²) in [6, 6.07) is 5.23. The standard InChI is InChI=1S/C14H18BrNO2/c1-9-7-10(5-6-13(9)17)14(18)16-12-4-2-3-11(12)8-15/h5-7,11-12,17H,2-4,8H2,1H3,(H,16,18). The van der Waals surface area contributed by atoms with Gasteiger partial charge in [0.2, 0.25) is 0 Å². The fourth-order valence-electron chi connectivity index (χ4n) is 2.46. The van der Waals surface area contributed by atoms with Gasteiger partial charge in [-0.25, -0.2) is 0 Å². The van der Waals surface area contributed by atoms with Crippen molar-refractivity contribution < 1.29 is 9.90 Å². The summed E-state index contributed by atoms with van der Waals surface area (Å²) >= 11 is 3.50. The molecule has 3 nitrogen and oxygen atoms in total. The summed E-state index contributed by atoms with van der Waals surface area (Å²) in [6.45, 7) is 1.79. The van der Waals surface area contributed by atoms with Crippen molar-refractivity contribution in [2.24, 2.45) is 5.92 Å². The number of hydrogen-bond donors (Lipinski definition) is 2. The summed E-state index contributed by atoms with van der Waals surface area (Å²) in [7, 11) is 0. The van der Waals surface area contributed by atoms with Gasteiger partial charge < -0.3 is 10.4 Å². The van der Waals surface area contributed by atoms with E-state index in [1.165, 1.54) is 12.8 Å². The highest BCUT2D eigenvalue weighted by molar-refractivity contribution is 9.09. The highest BCUT2D eigenvalue weighted by Gasteiger charge is 2.27. The Bertz CT molecular complexity index is 447. The van der Waals surface area contributed by atoms with Crippen LogP contribution >= 0.6 is 15.9 Å². The zero-order valence-corrected chi connectivity index (χ0v) is 12.0. The van der Waals surface area contributed by atoms with Gasteiger partial charge in [-0.15, -0.1) is 0 Å². The van der Waals surface area contributed by atoms with Crippen LogP contribution in [-0.2, 0) is 0 Å². The largest absolute Gasteiger partial charge is 0.508 e. The molecule has 1 aliphatic carbocycles. The number of amides is 1. The van der Waals surface area contributed by atoms with E-state index in [0.29, 0.717) is 11.5 Å². The Balaban J connectivity index is 2.05. The Morgan fingerprint density at radius 1 is 1.50 bits per heavy atom. The number of alkyl halides is 1. The van der Waals surface area contributed by atoms with E-state index in [4.69, 9.17) is 0 Å². The number of phenolic OH excluding ortho intramolecular Hbond substituents is 1. The molecule has 1 fully saturated rings. The van der Waals surface area contributed by atoms with Gasteiger partial charge in [-0.3, -0.25) is 4.79 Å². The van der Waals surface area contributed by atoms with Gasteiger partial charge in [-0.1, -0.05) is 22.4 Å². The van der Waals surface area contributed by atoms with Gasteiger partial charge >= 0.3 is 0 Å². The van der Waals surface area contributed by atoms with Crippen LogP contribution in [0.5, 0.6) is 5.75 Å². The van der Waals surface area contributed by atoms with Crippen LogP contribution < -0.4 is 5.32 Å². The van der Waals surface area contributed by atoms with E-state index in [2.05, 4.69) is 21.2 Å². The summed E-state index contributed by atoms with van der Waals surface area (Å²) in [5.74, 6) is 0.717. The lowest BCUT2D eigenvalue weighted by molar-refractivity contribution is 0.0930. The maximum absolute atomic E-state index is 12.1. The first kappa shape index (κ1) is 13.4. The first-order valence-electron chi connectivity index (χ1n) is 6.28. The number of carbonyl (C=O) groups excluding carboxylic acids is 1. The minimum absolute atomic E-state index is 0.0454. The van der Waals surface area contributed by atoms with E-state index in [9.17, 15) is 9.90 Å². The SMILES string of the molecule is Cc1cc(C(=O)NC2CCCC2CBr)ccc1O. The molecule has 0 bridgehead atoms. The molecule has 1 aliphatic rings. The van der Waals surface area contributed by atoms with Crippen LogP contribution in [0.3, 0.4) is 0 Å². The molecule has 1 aromatic carbocycles. The molecule has 0 radical (unpaired) electrons. The van der Waals surface area contributed by atoms with E-state index in [1.54, 1.807) is 25.1 Å². The molecular formula is C14H18BrNO2. The Hall–Kier alpha value is -1.03. The maximum atomic E-state index is 12.1. The highest BCUT2D eigenvalue weighted by atomic mass is 79.9. The molecule has 0 heterocycles. The van der Waals surface area contributed by atoms with Gasteiger partial charge in [-0.05, 0) is 49.4 Å².